The number of quaternary nitrogens is 1. The molecular weight excluding hydrogens is 337 g/mol. The molecule has 7 nitrogen and oxygen atoms in total. The number of amides is 2. The van der Waals surface area contributed by atoms with Crippen LogP contribution in [-0.4, -0.2) is 54.0 Å². The second kappa shape index (κ2) is 6.80. The maximum atomic E-state index is 13.1. The number of carbonyl (C=O) groups is 2. The molecule has 2 aliphatic rings. The molecule has 0 saturated carbocycles. The van der Waals surface area contributed by atoms with Crippen LogP contribution >= 0.6 is 0 Å². The first-order valence-corrected chi connectivity index (χ1v) is 8.62. The molecule has 1 aromatic carbocycles. The normalized spacial score (nSPS) is 21.5. The first-order chi connectivity index (χ1) is 12.6. The van der Waals surface area contributed by atoms with Crippen LogP contribution in [0, 0.1) is 5.82 Å². The lowest BCUT2D eigenvalue weighted by Gasteiger charge is -2.34. The number of imide groups is 1. The van der Waals surface area contributed by atoms with Crippen molar-refractivity contribution in [2.24, 2.45) is 0 Å². The molecule has 0 aliphatic carbocycles. The number of rotatable bonds is 3. The van der Waals surface area contributed by atoms with Crippen molar-refractivity contribution in [3.05, 3.63) is 48.5 Å². The number of benzene rings is 1. The molecule has 2 aliphatic heterocycles. The molecule has 4 rings (SSSR count). The molecule has 2 amide bonds. The van der Waals surface area contributed by atoms with E-state index in [-0.39, 0.29) is 24.3 Å². The Kier molecular flexibility index (Phi) is 4.34. The molecule has 2 fully saturated rings. The minimum atomic E-state index is -0.394. The van der Waals surface area contributed by atoms with Crippen LogP contribution < -0.4 is 14.7 Å². The maximum Gasteiger partial charge on any atom is 0.292 e. The third-order valence-corrected chi connectivity index (χ3v) is 4.96. The molecule has 8 heteroatoms. The average molecular weight is 356 g/mol. The molecule has 1 N–H and O–H groups in total. The highest BCUT2D eigenvalue weighted by atomic mass is 19.1. The van der Waals surface area contributed by atoms with E-state index in [0.717, 1.165) is 31.1 Å². The van der Waals surface area contributed by atoms with E-state index in [0.29, 0.717) is 11.6 Å². The summed E-state index contributed by atoms with van der Waals surface area (Å²) in [6.07, 6.45) is 3.61. The predicted molar refractivity (Wildman–Crippen MR) is 92.2 cm³/mol. The van der Waals surface area contributed by atoms with Gasteiger partial charge in [0, 0.05) is 12.4 Å². The lowest BCUT2D eigenvalue weighted by atomic mass is 10.2. The van der Waals surface area contributed by atoms with Crippen molar-refractivity contribution in [3.63, 3.8) is 0 Å². The monoisotopic (exact) mass is 356 g/mol. The Morgan fingerprint density at radius 1 is 1.04 bits per heavy atom. The molecule has 0 spiro atoms. The van der Waals surface area contributed by atoms with Gasteiger partial charge in [-0.3, -0.25) is 9.59 Å². The van der Waals surface area contributed by atoms with Gasteiger partial charge in [-0.2, -0.15) is 0 Å². The summed E-state index contributed by atoms with van der Waals surface area (Å²) in [7, 11) is 0. The van der Waals surface area contributed by atoms with Gasteiger partial charge in [-0.1, -0.05) is 0 Å². The number of hydrogen-bond acceptors (Lipinski definition) is 5. The van der Waals surface area contributed by atoms with Gasteiger partial charge in [0.05, 0.1) is 38.3 Å². The van der Waals surface area contributed by atoms with E-state index < -0.39 is 5.82 Å². The zero-order valence-electron chi connectivity index (χ0n) is 14.1. The number of carbonyl (C=O) groups excluding carboxylic acids is 2. The summed E-state index contributed by atoms with van der Waals surface area (Å²) in [4.78, 5) is 38.1. The summed E-state index contributed by atoms with van der Waals surface area (Å²) in [6.45, 7) is 2.93. The van der Waals surface area contributed by atoms with Gasteiger partial charge in [-0.15, -0.1) is 0 Å². The summed E-state index contributed by atoms with van der Waals surface area (Å²) in [5.74, 6) is -0.142. The molecule has 134 valence electrons. The minimum absolute atomic E-state index is 0.188. The fraction of sp³-hybridized carbons (Fsp3) is 0.333. The standard InChI is InChI=1S/C18H18FN5O2/c19-13-2-4-14(5-3-13)24-16(25)12-15(17(24)26)22-8-10-23(11-9-22)18-20-6-1-7-21-18/h1-7,15H,8-12H2/p+1/t15-/m0/s1. The molecule has 26 heavy (non-hydrogen) atoms. The zero-order valence-corrected chi connectivity index (χ0v) is 14.1. The Bertz CT molecular complexity index is 806. The first-order valence-electron chi connectivity index (χ1n) is 8.62. The molecule has 2 aromatic rings. The van der Waals surface area contributed by atoms with E-state index in [2.05, 4.69) is 14.9 Å². The van der Waals surface area contributed by atoms with Gasteiger partial charge in [0.15, 0.2) is 6.04 Å². The first kappa shape index (κ1) is 16.6. The Hall–Kier alpha value is -2.87. The number of halogens is 1. The summed E-state index contributed by atoms with van der Waals surface area (Å²) >= 11 is 0. The number of nitrogens with one attached hydrogen (secondary N) is 1. The van der Waals surface area contributed by atoms with E-state index in [4.69, 9.17) is 0 Å². The van der Waals surface area contributed by atoms with Crippen LogP contribution in [0.2, 0.25) is 0 Å². The molecule has 2 saturated heterocycles. The fourth-order valence-electron chi connectivity index (χ4n) is 3.61. The third kappa shape index (κ3) is 3.03. The minimum Gasteiger partial charge on any atom is -0.330 e. The van der Waals surface area contributed by atoms with Crippen LogP contribution in [-0.2, 0) is 9.59 Å². The van der Waals surface area contributed by atoms with Crippen molar-refractivity contribution in [1.82, 2.24) is 9.97 Å². The lowest BCUT2D eigenvalue weighted by molar-refractivity contribution is -0.915. The zero-order chi connectivity index (χ0) is 18.1. The highest BCUT2D eigenvalue weighted by Gasteiger charge is 2.46. The Balaban J connectivity index is 1.44. The van der Waals surface area contributed by atoms with Gasteiger partial charge in [0.25, 0.3) is 5.91 Å². The van der Waals surface area contributed by atoms with Crippen LogP contribution in [0.1, 0.15) is 6.42 Å². The van der Waals surface area contributed by atoms with Crippen molar-refractivity contribution >= 4 is 23.5 Å². The maximum absolute atomic E-state index is 13.1. The average Bonchev–Trinajstić information content (AvgIpc) is 2.98. The molecule has 1 aromatic heterocycles. The Labute approximate surface area is 150 Å². The molecule has 1 atom stereocenters. The van der Waals surface area contributed by atoms with Crippen molar-refractivity contribution in [1.29, 1.82) is 0 Å². The fourth-order valence-corrected chi connectivity index (χ4v) is 3.61. The van der Waals surface area contributed by atoms with Crippen LogP contribution in [0.25, 0.3) is 0 Å². The predicted octanol–water partition coefficient (Wildman–Crippen LogP) is -0.347. The third-order valence-electron chi connectivity index (χ3n) is 4.96. The van der Waals surface area contributed by atoms with E-state index >= 15 is 0 Å². The largest absolute Gasteiger partial charge is 0.330 e. The van der Waals surface area contributed by atoms with Gasteiger partial charge in [0.2, 0.25) is 11.9 Å². The number of piperazine rings is 1. The van der Waals surface area contributed by atoms with Gasteiger partial charge >= 0.3 is 0 Å². The number of nitrogens with zero attached hydrogens (tertiary/aromatic N) is 4. The molecule has 0 bridgehead atoms. The highest BCUT2D eigenvalue weighted by molar-refractivity contribution is 6.21. The second-order valence-corrected chi connectivity index (χ2v) is 6.49. The summed E-state index contributed by atoms with van der Waals surface area (Å²) < 4.78 is 13.1. The van der Waals surface area contributed by atoms with E-state index in [1.165, 1.54) is 29.2 Å². The van der Waals surface area contributed by atoms with E-state index in [1.54, 1.807) is 18.5 Å². The smallest absolute Gasteiger partial charge is 0.292 e. The number of hydrogen-bond donors (Lipinski definition) is 1. The van der Waals surface area contributed by atoms with E-state index in [1.807, 2.05) is 0 Å². The summed E-state index contributed by atoms with van der Waals surface area (Å²) in [5, 5.41) is 0. The number of aromatic nitrogens is 2. The van der Waals surface area contributed by atoms with Gasteiger partial charge in [0.1, 0.15) is 5.82 Å². The van der Waals surface area contributed by atoms with Gasteiger partial charge < -0.3 is 9.80 Å². The molecule has 0 radical (unpaired) electrons. The molecule has 0 unspecified atom stereocenters. The van der Waals surface area contributed by atoms with Crippen LogP contribution in [0.5, 0.6) is 0 Å². The summed E-state index contributed by atoms with van der Waals surface area (Å²) in [5.41, 5.74) is 0.430. The highest BCUT2D eigenvalue weighted by Crippen LogP contribution is 2.22. The Morgan fingerprint density at radius 2 is 1.69 bits per heavy atom. The second-order valence-electron chi connectivity index (χ2n) is 6.49. The molecular formula is C18H19FN5O2+. The van der Waals surface area contributed by atoms with Crippen LogP contribution in [0.4, 0.5) is 16.0 Å². The van der Waals surface area contributed by atoms with E-state index in [9.17, 15) is 14.0 Å². The Morgan fingerprint density at radius 3 is 2.35 bits per heavy atom. The van der Waals surface area contributed by atoms with Crippen molar-refractivity contribution in [2.45, 2.75) is 12.5 Å². The molecule has 3 heterocycles. The van der Waals surface area contributed by atoms with Crippen LogP contribution in [0.3, 0.4) is 0 Å². The van der Waals surface area contributed by atoms with Gasteiger partial charge in [-0.05, 0) is 30.3 Å². The lowest BCUT2D eigenvalue weighted by Crippen LogP contribution is -3.19. The van der Waals surface area contributed by atoms with Crippen LogP contribution in [0.15, 0.2) is 42.7 Å². The topological polar surface area (TPSA) is 70.8 Å². The SMILES string of the molecule is O=C1C[C@H]([NH+]2CCN(c3ncccn3)CC2)C(=O)N1c1ccc(F)cc1. The quantitative estimate of drug-likeness (QED) is 0.762. The van der Waals surface area contributed by atoms with Crippen molar-refractivity contribution in [3.8, 4) is 0 Å². The number of anilines is 2. The van der Waals surface area contributed by atoms with Gasteiger partial charge in [-0.25, -0.2) is 19.3 Å². The summed E-state index contributed by atoms with van der Waals surface area (Å²) in [6, 6.07) is 6.84. The van der Waals surface area contributed by atoms with Crippen molar-refractivity contribution in [2.75, 3.05) is 36.0 Å². The van der Waals surface area contributed by atoms with Crippen molar-refractivity contribution < 1.29 is 18.9 Å².